The summed E-state index contributed by atoms with van der Waals surface area (Å²) in [5.74, 6) is -0.208. The van der Waals surface area contributed by atoms with Crippen molar-refractivity contribution >= 4 is 12.2 Å². The predicted molar refractivity (Wildman–Crippen MR) is 32.1 cm³/mol. The lowest BCUT2D eigenvalue weighted by Crippen LogP contribution is -2.28. The Kier molecular flexibility index (Phi) is 4.72. The van der Waals surface area contributed by atoms with E-state index in [1.54, 1.807) is 6.29 Å². The molecule has 0 saturated carbocycles. The van der Waals surface area contributed by atoms with E-state index >= 15 is 0 Å². The van der Waals surface area contributed by atoms with Crippen LogP contribution >= 0.6 is 0 Å². The van der Waals surface area contributed by atoms with Gasteiger partial charge in [-0.1, -0.05) is 0 Å². The van der Waals surface area contributed by atoms with Gasteiger partial charge in [-0.05, 0) is 0 Å². The summed E-state index contributed by atoms with van der Waals surface area (Å²) in [5.41, 5.74) is 4.97. The molecule has 0 heterocycles. The van der Waals surface area contributed by atoms with Gasteiger partial charge in [0.25, 0.3) is 0 Å². The van der Waals surface area contributed by atoms with Crippen molar-refractivity contribution in [3.05, 3.63) is 0 Å². The van der Waals surface area contributed by atoms with E-state index in [1.165, 1.54) is 0 Å². The lowest BCUT2D eigenvalue weighted by atomic mass is 10.3. The summed E-state index contributed by atoms with van der Waals surface area (Å²) >= 11 is 0. The molecule has 0 unspecified atom stereocenters. The fourth-order valence-electron chi connectivity index (χ4n) is 0.367. The minimum Gasteiger partial charge on any atom is -0.344 e. The van der Waals surface area contributed by atoms with E-state index in [2.05, 4.69) is 5.32 Å². The zero-order chi connectivity index (χ0) is 7.11. The Bertz CT molecular complexity index is 103. The molecule has 3 N–H and O–H groups in total. The molecule has 0 bridgehead atoms. The van der Waals surface area contributed by atoms with Gasteiger partial charge in [0, 0.05) is 12.8 Å². The van der Waals surface area contributed by atoms with Crippen molar-refractivity contribution in [2.24, 2.45) is 5.73 Å². The topological polar surface area (TPSA) is 72.2 Å². The lowest BCUT2D eigenvalue weighted by Gasteiger charge is -1.95. The fraction of sp³-hybridized carbons (Fsp3) is 0.600. The average molecular weight is 129 g/mol. The number of nitrogens with two attached hydrogens (primary N) is 1. The van der Waals surface area contributed by atoms with Crippen molar-refractivity contribution in [2.45, 2.75) is 12.8 Å². The second-order valence-corrected chi connectivity index (χ2v) is 1.45. The monoisotopic (exact) mass is 129 g/mol. The summed E-state index contributed by atoms with van der Waals surface area (Å²) in [7, 11) is 0. The van der Waals surface area contributed by atoms with Crippen LogP contribution in [-0.2, 0) is 9.59 Å². The summed E-state index contributed by atoms with van der Waals surface area (Å²) in [4.78, 5) is 20.0. The van der Waals surface area contributed by atoms with Crippen LogP contribution in [0.4, 0.5) is 0 Å². The molecule has 4 nitrogen and oxygen atoms in total. The Morgan fingerprint density at radius 3 is 2.78 bits per heavy atom. The van der Waals surface area contributed by atoms with Crippen LogP contribution in [0.2, 0.25) is 0 Å². The highest BCUT2D eigenvalue weighted by molar-refractivity contribution is 5.77. The molecule has 0 aromatic rings. The first-order valence-electron chi connectivity index (χ1n) is 2.63. The number of rotatable bonds is 4. The number of nitrogens with one attached hydrogen (secondary N) is 1. The first-order valence-corrected chi connectivity index (χ1v) is 2.63. The molecule has 0 aliphatic carbocycles. The summed E-state index contributed by atoms with van der Waals surface area (Å²) in [6.07, 6.45) is 1.93. The molecule has 51 valence electrons. The van der Waals surface area contributed by atoms with E-state index in [0.29, 0.717) is 0 Å². The number of amides is 1. The summed E-state index contributed by atoms with van der Waals surface area (Å²) in [6, 6.07) is 0. The van der Waals surface area contributed by atoms with Crippen LogP contribution in [0, 0.1) is 0 Å². The maximum absolute atomic E-state index is 10.4. The number of carbonyl (C=O) groups excluding carboxylic acids is 2. The van der Waals surface area contributed by atoms with Gasteiger partial charge in [0.2, 0.25) is 5.91 Å². The van der Waals surface area contributed by atoms with Crippen LogP contribution in [0.5, 0.6) is 0 Å². The molecule has 0 aromatic heterocycles. The second kappa shape index (κ2) is 5.24. The maximum atomic E-state index is 10.4. The first kappa shape index (κ1) is 8.10. The molecule has 0 atom stereocenters. The highest BCUT2D eigenvalue weighted by atomic mass is 16.1. The van der Waals surface area contributed by atoms with E-state index in [1.807, 2.05) is 0 Å². The standard InChI is InChI=1S/C5H9N2O2/c6-4-7-5(9)2-1-3-8/h1-2,4,6H2,(H,7,9). The van der Waals surface area contributed by atoms with Gasteiger partial charge in [-0.2, -0.15) is 0 Å². The van der Waals surface area contributed by atoms with Crippen molar-refractivity contribution in [1.82, 2.24) is 5.32 Å². The molecule has 0 aromatic carbocycles. The Morgan fingerprint density at radius 1 is 1.67 bits per heavy atom. The molecule has 4 heteroatoms. The van der Waals surface area contributed by atoms with Gasteiger partial charge in [-0.15, -0.1) is 0 Å². The van der Waals surface area contributed by atoms with Crippen molar-refractivity contribution in [2.75, 3.05) is 6.67 Å². The van der Waals surface area contributed by atoms with Crippen molar-refractivity contribution in [3.63, 3.8) is 0 Å². The van der Waals surface area contributed by atoms with E-state index in [0.717, 1.165) is 0 Å². The Hall–Kier alpha value is -0.900. The molecule has 9 heavy (non-hydrogen) atoms. The summed E-state index contributed by atoms with van der Waals surface area (Å²) < 4.78 is 0. The van der Waals surface area contributed by atoms with Gasteiger partial charge in [0.05, 0.1) is 6.67 Å². The van der Waals surface area contributed by atoms with Crippen LogP contribution < -0.4 is 11.1 Å². The highest BCUT2D eigenvalue weighted by Crippen LogP contribution is 1.81. The zero-order valence-corrected chi connectivity index (χ0v) is 5.02. The molecule has 0 aliphatic rings. The molecule has 0 aliphatic heterocycles. The van der Waals surface area contributed by atoms with E-state index < -0.39 is 0 Å². The Labute approximate surface area is 53.4 Å². The molecule has 1 radical (unpaired) electrons. The van der Waals surface area contributed by atoms with Gasteiger partial charge >= 0.3 is 0 Å². The molecular weight excluding hydrogens is 120 g/mol. The fourth-order valence-corrected chi connectivity index (χ4v) is 0.367. The van der Waals surface area contributed by atoms with Gasteiger partial charge in [0.15, 0.2) is 6.29 Å². The minimum atomic E-state index is -0.208. The molecule has 0 rings (SSSR count). The quantitative estimate of drug-likeness (QED) is 0.474. The third-order valence-corrected chi connectivity index (χ3v) is 0.753. The van der Waals surface area contributed by atoms with Crippen LogP contribution in [0.25, 0.3) is 0 Å². The summed E-state index contributed by atoms with van der Waals surface area (Å²) in [6.45, 7) is 0.123. The smallest absolute Gasteiger partial charge is 0.221 e. The van der Waals surface area contributed by atoms with Crippen LogP contribution in [0.15, 0.2) is 0 Å². The Balaban J connectivity index is 3.16. The van der Waals surface area contributed by atoms with Crippen molar-refractivity contribution < 1.29 is 9.59 Å². The first-order chi connectivity index (χ1) is 4.31. The van der Waals surface area contributed by atoms with Crippen molar-refractivity contribution in [1.29, 1.82) is 0 Å². The van der Waals surface area contributed by atoms with Crippen molar-refractivity contribution in [3.8, 4) is 0 Å². The minimum absolute atomic E-state index is 0.123. The second-order valence-electron chi connectivity index (χ2n) is 1.45. The molecule has 0 spiro atoms. The Morgan fingerprint density at radius 2 is 2.33 bits per heavy atom. The number of hydrogen-bond acceptors (Lipinski definition) is 3. The maximum Gasteiger partial charge on any atom is 0.221 e. The lowest BCUT2D eigenvalue weighted by molar-refractivity contribution is -0.120. The van der Waals surface area contributed by atoms with Crippen LogP contribution in [0.3, 0.4) is 0 Å². The highest BCUT2D eigenvalue weighted by Gasteiger charge is 1.96. The average Bonchev–Trinajstić information content (AvgIpc) is 1.85. The van der Waals surface area contributed by atoms with Gasteiger partial charge in [0.1, 0.15) is 0 Å². The number of hydrogen-bond donors (Lipinski definition) is 2. The third-order valence-electron chi connectivity index (χ3n) is 0.753. The molecule has 0 saturated heterocycles. The van der Waals surface area contributed by atoms with Gasteiger partial charge in [-0.25, -0.2) is 0 Å². The zero-order valence-electron chi connectivity index (χ0n) is 5.02. The third kappa shape index (κ3) is 4.96. The summed E-state index contributed by atoms with van der Waals surface area (Å²) in [5, 5.41) is 2.34. The number of carbonyl (C=O) groups is 1. The van der Waals surface area contributed by atoms with Gasteiger partial charge < -0.3 is 11.1 Å². The largest absolute Gasteiger partial charge is 0.344 e. The van der Waals surface area contributed by atoms with E-state index in [-0.39, 0.29) is 25.4 Å². The predicted octanol–water partition coefficient (Wildman–Crippen LogP) is -1.09. The SMILES string of the molecule is NCNC(=O)CC[C]=O. The normalized spacial score (nSPS) is 8.56. The van der Waals surface area contributed by atoms with Crippen LogP contribution in [0.1, 0.15) is 12.8 Å². The van der Waals surface area contributed by atoms with E-state index in [9.17, 15) is 9.59 Å². The molecular formula is C5H9N2O2. The molecule has 1 amide bonds. The van der Waals surface area contributed by atoms with Gasteiger partial charge in [-0.3, -0.25) is 9.59 Å². The van der Waals surface area contributed by atoms with Crippen LogP contribution in [-0.4, -0.2) is 18.9 Å². The molecule has 0 fully saturated rings. The van der Waals surface area contributed by atoms with E-state index in [4.69, 9.17) is 5.73 Å².